The molecule has 0 atom stereocenters. The van der Waals surface area contributed by atoms with Crippen molar-refractivity contribution in [3.05, 3.63) is 162 Å². The number of carboxylic acid groups (broad SMARTS) is 6. The van der Waals surface area contributed by atoms with Crippen LogP contribution < -0.4 is 0 Å². The Kier molecular flexibility index (Phi) is 18.3. The summed E-state index contributed by atoms with van der Waals surface area (Å²) < 4.78 is 0. The average Bonchev–Trinajstić information content (AvgIpc) is 3.19. The van der Waals surface area contributed by atoms with Crippen molar-refractivity contribution in [2.45, 2.75) is 19.3 Å². The van der Waals surface area contributed by atoms with Crippen LogP contribution in [-0.4, -0.2) is 66.5 Å². The van der Waals surface area contributed by atoms with Gasteiger partial charge in [0, 0.05) is 88.0 Å². The van der Waals surface area contributed by atoms with E-state index in [4.69, 9.17) is 30.6 Å². The Balaban J connectivity index is 0.000000285. The van der Waals surface area contributed by atoms with Gasteiger partial charge < -0.3 is 30.6 Å². The van der Waals surface area contributed by atoms with Gasteiger partial charge >= 0.3 is 35.8 Å². The molecule has 292 valence electrons. The van der Waals surface area contributed by atoms with Crippen molar-refractivity contribution in [1.82, 2.24) is 0 Å². The number of carbonyl (C=O) groups is 6. The van der Waals surface area contributed by atoms with Crippen molar-refractivity contribution in [3.63, 3.8) is 0 Å². The molecule has 0 aliphatic heterocycles. The van der Waals surface area contributed by atoms with Gasteiger partial charge in [-0.05, 0) is 52.7 Å². The average molecular weight is 1040 g/mol. The van der Waals surface area contributed by atoms with Gasteiger partial charge in [-0.25, -0.2) is 0 Å². The molecular formula is C42H36EuO12Tb. The van der Waals surface area contributed by atoms with Crippen LogP contribution in [0.25, 0.3) is 16.7 Å². The Hall–Kier alpha value is -4.21. The maximum absolute atomic E-state index is 11.1. The summed E-state index contributed by atoms with van der Waals surface area (Å²) in [6, 6.07) is 28.3. The summed E-state index contributed by atoms with van der Waals surface area (Å²) in [4.78, 5) is 66.6. The van der Waals surface area contributed by atoms with Gasteiger partial charge in [-0.2, -0.15) is 0 Å². The fourth-order valence-electron chi connectivity index (χ4n) is 5.68. The first kappa shape index (κ1) is 47.9. The molecule has 0 saturated carbocycles. The van der Waals surface area contributed by atoms with Crippen molar-refractivity contribution in [2.75, 3.05) is 0 Å². The molecule has 3 aromatic rings. The second-order valence-electron chi connectivity index (χ2n) is 12.4. The minimum Gasteiger partial charge on any atom is -0.480 e. The molecule has 0 unspecified atom stereocenters. The Bertz CT molecular complexity index is 1830. The van der Waals surface area contributed by atoms with E-state index in [9.17, 15) is 28.8 Å². The molecule has 56 heavy (non-hydrogen) atoms. The van der Waals surface area contributed by atoms with Gasteiger partial charge in [0.2, 0.25) is 0 Å². The van der Waals surface area contributed by atoms with Crippen molar-refractivity contribution in [2.24, 2.45) is 16.2 Å². The van der Waals surface area contributed by atoms with Crippen LogP contribution in [0.15, 0.2) is 146 Å². The number of carboxylic acids is 6. The maximum Gasteiger partial charge on any atom is 0.325 e. The van der Waals surface area contributed by atoms with E-state index in [1.165, 1.54) is 18.2 Å². The summed E-state index contributed by atoms with van der Waals surface area (Å²) >= 11 is 0. The molecule has 3 aromatic carbocycles. The molecule has 0 aromatic heterocycles. The molecule has 2 radical (unpaired) electrons. The molecule has 3 aliphatic rings. The monoisotopic (exact) mass is 1040 g/mol. The van der Waals surface area contributed by atoms with E-state index in [-0.39, 0.29) is 107 Å². The number of benzene rings is 3. The molecule has 0 fully saturated rings. The van der Waals surface area contributed by atoms with Gasteiger partial charge in [0.15, 0.2) is 16.2 Å². The number of rotatable bonds is 9. The van der Waals surface area contributed by atoms with E-state index in [1.54, 1.807) is 36.5 Å². The Morgan fingerprint density at radius 3 is 0.714 bits per heavy atom. The van der Waals surface area contributed by atoms with Crippen LogP contribution >= 0.6 is 0 Å². The third kappa shape index (κ3) is 11.0. The predicted molar refractivity (Wildman–Crippen MR) is 198 cm³/mol. The van der Waals surface area contributed by atoms with Gasteiger partial charge in [0.1, 0.15) is 0 Å². The quantitative estimate of drug-likeness (QED) is 0.126. The topological polar surface area (TPSA) is 224 Å². The molecule has 0 bridgehead atoms. The third-order valence-electron chi connectivity index (χ3n) is 9.19. The fourth-order valence-corrected chi connectivity index (χ4v) is 5.68. The molecule has 14 heteroatoms. The molecule has 12 nitrogen and oxygen atoms in total. The Labute approximate surface area is 393 Å². The number of hydrogen-bond acceptors (Lipinski definition) is 6. The zero-order valence-corrected chi connectivity index (χ0v) is 33.9. The van der Waals surface area contributed by atoms with Gasteiger partial charge in [0.05, 0.1) is 0 Å². The number of aliphatic carboxylic acids is 6. The minimum absolute atomic E-state index is 0. The predicted octanol–water partition coefficient (Wildman–Crippen LogP) is 6.56. The second kappa shape index (κ2) is 21.4. The summed E-state index contributed by atoms with van der Waals surface area (Å²) in [5.41, 5.74) is -0.153. The van der Waals surface area contributed by atoms with Crippen LogP contribution in [0.1, 0.15) is 36.0 Å². The van der Waals surface area contributed by atoms with Gasteiger partial charge in [-0.3, -0.25) is 28.8 Å². The van der Waals surface area contributed by atoms with E-state index in [1.807, 2.05) is 91.0 Å². The standard InChI is InChI=1S/3C14H12O4.Eu.Tb/c3*15-12(16)14(13(17)18)8-6-11(7-9-14)10-4-2-1-3-5-10;;/h3*1-8H,9H2,(H,15,16)(H,17,18);;. The first-order chi connectivity index (χ1) is 25.7. The van der Waals surface area contributed by atoms with E-state index in [0.29, 0.717) is 0 Å². The van der Waals surface area contributed by atoms with Crippen molar-refractivity contribution in [1.29, 1.82) is 0 Å². The number of allylic oxidation sites excluding steroid dienone is 9. The van der Waals surface area contributed by atoms with E-state index in [0.717, 1.165) is 33.4 Å². The summed E-state index contributed by atoms with van der Waals surface area (Å²) in [6.45, 7) is 0. The van der Waals surface area contributed by atoms with Crippen molar-refractivity contribution in [3.8, 4) is 0 Å². The molecule has 6 rings (SSSR count). The smallest absolute Gasteiger partial charge is 0.325 e. The van der Waals surface area contributed by atoms with E-state index >= 15 is 0 Å². The molecule has 0 saturated heterocycles. The molecule has 0 spiro atoms. The number of hydrogen-bond donors (Lipinski definition) is 6. The fraction of sp³-hybridized carbons (Fsp3) is 0.143. The minimum atomic E-state index is -1.84. The zero-order chi connectivity index (χ0) is 39.5. The largest absolute Gasteiger partial charge is 0.480 e. The van der Waals surface area contributed by atoms with Gasteiger partial charge in [0.25, 0.3) is 0 Å². The van der Waals surface area contributed by atoms with Crippen LogP contribution in [0.2, 0.25) is 0 Å². The van der Waals surface area contributed by atoms with Crippen LogP contribution in [0, 0.1) is 104 Å². The summed E-state index contributed by atoms with van der Waals surface area (Å²) in [6.07, 6.45) is 13.2. The van der Waals surface area contributed by atoms with Crippen LogP contribution in [-0.2, 0) is 28.8 Å². The summed E-state index contributed by atoms with van der Waals surface area (Å²) in [7, 11) is 0. The molecule has 0 amide bonds. The summed E-state index contributed by atoms with van der Waals surface area (Å²) in [5, 5.41) is 54.3. The second-order valence-corrected chi connectivity index (χ2v) is 12.4. The van der Waals surface area contributed by atoms with Gasteiger partial charge in [-0.1, -0.05) is 146 Å². The Morgan fingerprint density at radius 2 is 0.571 bits per heavy atom. The first-order valence-electron chi connectivity index (χ1n) is 16.4. The van der Waals surface area contributed by atoms with E-state index in [2.05, 4.69) is 0 Å². The third-order valence-corrected chi connectivity index (χ3v) is 9.19. The SMILES string of the molecule is O=C(O)C1(C(=O)O)C=CC(c2ccccc2)=CC1.O=C(O)C1(C(=O)O)C=CC(c2ccccc2)=CC1.O=C(O)C1(C(=O)O)C=CC(c2ccccc2)=CC1.[Eu].[Tb]. The molecule has 6 N–H and O–H groups in total. The van der Waals surface area contributed by atoms with E-state index < -0.39 is 52.1 Å². The maximum atomic E-state index is 11.1. The Morgan fingerprint density at radius 1 is 0.375 bits per heavy atom. The van der Waals surface area contributed by atoms with Crippen LogP contribution in [0.5, 0.6) is 0 Å². The molecule has 3 aliphatic carbocycles. The molecule has 0 heterocycles. The van der Waals surface area contributed by atoms with Crippen molar-refractivity contribution < 1.29 is 147 Å². The summed E-state index contributed by atoms with van der Waals surface area (Å²) in [5.74, 6) is -8.03. The van der Waals surface area contributed by atoms with Crippen LogP contribution in [0.4, 0.5) is 0 Å². The molecular weight excluding hydrogens is 1010 g/mol. The van der Waals surface area contributed by atoms with Crippen molar-refractivity contribution >= 4 is 52.5 Å². The van der Waals surface area contributed by atoms with Crippen LogP contribution in [0.3, 0.4) is 0 Å². The first-order valence-corrected chi connectivity index (χ1v) is 16.4. The zero-order valence-electron chi connectivity index (χ0n) is 29.3. The normalized spacial score (nSPS) is 16.4. The van der Waals surface area contributed by atoms with Gasteiger partial charge in [-0.15, -0.1) is 0 Å².